The molecule has 0 aliphatic carbocycles. The second-order valence-corrected chi connectivity index (χ2v) is 7.98. The van der Waals surface area contributed by atoms with Gasteiger partial charge in [0.1, 0.15) is 5.75 Å². The topological polar surface area (TPSA) is 59.4 Å². The van der Waals surface area contributed by atoms with Crippen molar-refractivity contribution in [1.29, 1.82) is 0 Å². The molecule has 0 bridgehead atoms. The monoisotopic (exact) mass is 424 g/mol. The van der Waals surface area contributed by atoms with Gasteiger partial charge in [-0.2, -0.15) is 0 Å². The Morgan fingerprint density at radius 2 is 2.03 bits per heavy atom. The Labute approximate surface area is 181 Å². The maximum absolute atomic E-state index is 12.9. The summed E-state index contributed by atoms with van der Waals surface area (Å²) < 4.78 is 7.42. The minimum Gasteiger partial charge on any atom is -0.495 e. The van der Waals surface area contributed by atoms with Gasteiger partial charge in [-0.15, -0.1) is 0 Å². The minimum atomic E-state index is -0.0929. The molecule has 0 saturated carbocycles. The van der Waals surface area contributed by atoms with E-state index in [9.17, 15) is 4.79 Å². The average Bonchev–Trinajstić information content (AvgIpc) is 3.20. The summed E-state index contributed by atoms with van der Waals surface area (Å²) in [5.41, 5.74) is 3.47. The summed E-state index contributed by atoms with van der Waals surface area (Å²) >= 11 is 6.00. The second-order valence-electron chi connectivity index (χ2n) is 7.54. The van der Waals surface area contributed by atoms with Crippen molar-refractivity contribution in [3.63, 3.8) is 0 Å². The van der Waals surface area contributed by atoms with Crippen LogP contribution in [0.4, 0.5) is 5.69 Å². The van der Waals surface area contributed by atoms with E-state index in [0.29, 0.717) is 11.3 Å². The van der Waals surface area contributed by atoms with Crippen LogP contribution >= 0.6 is 11.6 Å². The number of ether oxygens (including phenoxy) is 1. The molecule has 0 radical (unpaired) electrons. The van der Waals surface area contributed by atoms with Gasteiger partial charge in [-0.1, -0.05) is 11.6 Å². The lowest BCUT2D eigenvalue weighted by Gasteiger charge is -2.34. The van der Waals surface area contributed by atoms with Gasteiger partial charge in [-0.25, -0.2) is 4.98 Å². The smallest absolute Gasteiger partial charge is 0.251 e. The van der Waals surface area contributed by atoms with E-state index >= 15 is 0 Å². The molecule has 2 aromatic carbocycles. The van der Waals surface area contributed by atoms with Crippen molar-refractivity contribution in [2.75, 3.05) is 25.1 Å². The fraction of sp³-hybridized carbons (Fsp3) is 0.304. The highest BCUT2D eigenvalue weighted by Crippen LogP contribution is 2.25. The number of anilines is 1. The Kier molecular flexibility index (Phi) is 5.95. The van der Waals surface area contributed by atoms with Crippen LogP contribution < -0.4 is 15.0 Å². The number of amides is 1. The molecule has 2 heterocycles. The Bertz CT molecular complexity index is 1030. The van der Waals surface area contributed by atoms with Crippen LogP contribution in [-0.2, 0) is 0 Å². The normalized spacial score (nSPS) is 16.4. The van der Waals surface area contributed by atoms with Gasteiger partial charge in [0.2, 0.25) is 0 Å². The first kappa shape index (κ1) is 20.3. The van der Waals surface area contributed by atoms with E-state index in [4.69, 9.17) is 16.3 Å². The van der Waals surface area contributed by atoms with E-state index in [1.165, 1.54) is 0 Å². The highest BCUT2D eigenvalue weighted by atomic mass is 35.5. The number of nitrogens with one attached hydrogen (secondary N) is 1. The number of carbonyl (C=O) groups excluding carboxylic acids is 1. The number of benzene rings is 2. The summed E-state index contributed by atoms with van der Waals surface area (Å²) in [4.78, 5) is 19.4. The van der Waals surface area contributed by atoms with Gasteiger partial charge >= 0.3 is 0 Å². The Morgan fingerprint density at radius 1 is 1.23 bits per heavy atom. The van der Waals surface area contributed by atoms with Crippen LogP contribution in [0.25, 0.3) is 5.69 Å². The van der Waals surface area contributed by atoms with E-state index in [2.05, 4.69) is 15.2 Å². The number of aryl methyl sites for hydroxylation is 1. The zero-order valence-corrected chi connectivity index (χ0v) is 17.9. The molecule has 1 aliphatic heterocycles. The second kappa shape index (κ2) is 8.79. The van der Waals surface area contributed by atoms with Crippen LogP contribution in [0.2, 0.25) is 5.02 Å². The molecule has 1 amide bonds. The summed E-state index contributed by atoms with van der Waals surface area (Å²) in [7, 11) is 1.61. The standard InChI is InChI=1S/C23H25ClN4O2/c1-16-13-28(15-25-16)21-10-5-17(12-22(21)30-2)23(29)26-19-4-3-11-27(14-19)20-8-6-18(24)7-9-20/h5-10,12-13,15,19H,3-4,11,14H2,1-2H3,(H,26,29). The van der Waals surface area contributed by atoms with E-state index in [0.717, 1.165) is 48.0 Å². The van der Waals surface area contributed by atoms with Crippen LogP contribution in [0.1, 0.15) is 28.9 Å². The van der Waals surface area contributed by atoms with E-state index < -0.39 is 0 Å². The van der Waals surface area contributed by atoms with Gasteiger partial charge in [-0.3, -0.25) is 4.79 Å². The first-order chi connectivity index (χ1) is 14.5. The summed E-state index contributed by atoms with van der Waals surface area (Å²) in [6.45, 7) is 3.68. The van der Waals surface area contributed by atoms with Gasteiger partial charge in [0.15, 0.2) is 0 Å². The first-order valence-corrected chi connectivity index (χ1v) is 10.4. The van der Waals surface area contributed by atoms with Crippen molar-refractivity contribution in [3.05, 3.63) is 71.3 Å². The average molecular weight is 425 g/mol. The summed E-state index contributed by atoms with van der Waals surface area (Å²) in [5, 5.41) is 3.91. The predicted octanol–water partition coefficient (Wildman–Crippen LogP) is 4.24. The van der Waals surface area contributed by atoms with Gasteiger partial charge in [0.05, 0.1) is 24.8 Å². The van der Waals surface area contributed by atoms with E-state index in [1.54, 1.807) is 19.5 Å². The largest absolute Gasteiger partial charge is 0.495 e. The number of hydrogen-bond acceptors (Lipinski definition) is 4. The summed E-state index contributed by atoms with van der Waals surface area (Å²) in [6.07, 6.45) is 5.64. The third-order valence-corrected chi connectivity index (χ3v) is 5.63. The zero-order valence-electron chi connectivity index (χ0n) is 17.1. The molecule has 1 saturated heterocycles. The molecule has 7 heteroatoms. The molecule has 0 spiro atoms. The number of imidazole rings is 1. The number of rotatable bonds is 5. The van der Waals surface area contributed by atoms with Crippen LogP contribution in [0, 0.1) is 6.92 Å². The number of piperidine rings is 1. The molecule has 3 aromatic rings. The van der Waals surface area contributed by atoms with Crippen LogP contribution in [0.15, 0.2) is 55.0 Å². The Balaban J connectivity index is 1.46. The molecule has 4 rings (SSSR count). The van der Waals surface area contributed by atoms with Gasteiger partial charge < -0.3 is 19.5 Å². The van der Waals surface area contributed by atoms with Crippen LogP contribution in [0.5, 0.6) is 5.75 Å². The van der Waals surface area contributed by atoms with E-state index in [-0.39, 0.29) is 11.9 Å². The van der Waals surface area contributed by atoms with Crippen molar-refractivity contribution in [2.45, 2.75) is 25.8 Å². The molecule has 156 valence electrons. The molecule has 6 nitrogen and oxygen atoms in total. The number of nitrogens with zero attached hydrogens (tertiary/aromatic N) is 3. The number of carbonyl (C=O) groups is 1. The quantitative estimate of drug-likeness (QED) is 0.665. The molecule has 30 heavy (non-hydrogen) atoms. The molecule has 1 fully saturated rings. The molecule has 1 unspecified atom stereocenters. The molecular weight excluding hydrogens is 400 g/mol. The third-order valence-electron chi connectivity index (χ3n) is 5.38. The predicted molar refractivity (Wildman–Crippen MR) is 119 cm³/mol. The highest BCUT2D eigenvalue weighted by molar-refractivity contribution is 6.30. The van der Waals surface area contributed by atoms with Gasteiger partial charge in [0, 0.05) is 41.6 Å². The van der Waals surface area contributed by atoms with Gasteiger partial charge in [-0.05, 0) is 62.2 Å². The molecule has 1 N–H and O–H groups in total. The van der Waals surface area contributed by atoms with Crippen molar-refractivity contribution in [1.82, 2.24) is 14.9 Å². The Hall–Kier alpha value is -2.99. The Morgan fingerprint density at radius 3 is 2.73 bits per heavy atom. The van der Waals surface area contributed by atoms with Gasteiger partial charge in [0.25, 0.3) is 5.91 Å². The molecule has 1 aromatic heterocycles. The lowest BCUT2D eigenvalue weighted by molar-refractivity contribution is 0.0933. The zero-order chi connectivity index (χ0) is 21.1. The minimum absolute atomic E-state index is 0.0869. The van der Waals surface area contributed by atoms with Crippen molar-refractivity contribution in [3.8, 4) is 11.4 Å². The van der Waals surface area contributed by atoms with Crippen LogP contribution in [0.3, 0.4) is 0 Å². The SMILES string of the molecule is COc1cc(C(=O)NC2CCCN(c3ccc(Cl)cc3)C2)ccc1-n1cnc(C)c1. The van der Waals surface area contributed by atoms with Crippen LogP contribution in [-0.4, -0.2) is 41.7 Å². The molecule has 1 atom stereocenters. The maximum Gasteiger partial charge on any atom is 0.251 e. The van der Waals surface area contributed by atoms with Crippen molar-refractivity contribution in [2.24, 2.45) is 0 Å². The first-order valence-electron chi connectivity index (χ1n) is 10.0. The highest BCUT2D eigenvalue weighted by Gasteiger charge is 2.22. The lowest BCUT2D eigenvalue weighted by atomic mass is 10.0. The van der Waals surface area contributed by atoms with Crippen molar-refractivity contribution < 1.29 is 9.53 Å². The maximum atomic E-state index is 12.9. The van der Waals surface area contributed by atoms with Crippen molar-refractivity contribution >= 4 is 23.2 Å². The fourth-order valence-electron chi connectivity index (χ4n) is 3.84. The summed E-state index contributed by atoms with van der Waals surface area (Å²) in [6, 6.07) is 13.4. The number of aromatic nitrogens is 2. The fourth-order valence-corrected chi connectivity index (χ4v) is 3.96. The number of halogens is 1. The summed E-state index contributed by atoms with van der Waals surface area (Å²) in [5.74, 6) is 0.538. The number of hydrogen-bond donors (Lipinski definition) is 1. The lowest BCUT2D eigenvalue weighted by Crippen LogP contribution is -2.47. The molecule has 1 aliphatic rings. The molecular formula is C23H25ClN4O2. The third kappa shape index (κ3) is 4.44. The number of methoxy groups -OCH3 is 1. The van der Waals surface area contributed by atoms with E-state index in [1.807, 2.05) is 54.1 Å².